The average Bonchev–Trinajstić information content (AvgIpc) is 2.47. The molecule has 1 N–H and O–H groups in total. The minimum atomic E-state index is 0.104. The Morgan fingerprint density at radius 3 is 2.45 bits per heavy atom. The normalized spacial score (nSPS) is 11.2. The van der Waals surface area contributed by atoms with Crippen molar-refractivity contribution in [1.29, 1.82) is 10.5 Å². The van der Waals surface area contributed by atoms with Crippen molar-refractivity contribution < 1.29 is 0 Å². The topological polar surface area (TPSA) is 59.6 Å². The van der Waals surface area contributed by atoms with E-state index in [1.54, 1.807) is 12.1 Å². The number of benzene rings is 2. The van der Waals surface area contributed by atoms with Gasteiger partial charge in [0.15, 0.2) is 0 Å². The van der Waals surface area contributed by atoms with Gasteiger partial charge in [-0.3, -0.25) is 0 Å². The van der Waals surface area contributed by atoms with Crippen molar-refractivity contribution in [2.75, 3.05) is 5.32 Å². The maximum absolute atomic E-state index is 9.03. The van der Waals surface area contributed by atoms with Gasteiger partial charge in [0, 0.05) is 16.2 Å². The Balaban J connectivity index is 2.23. The number of halogens is 1. The zero-order chi connectivity index (χ0) is 14.5. The molecule has 20 heavy (non-hydrogen) atoms. The summed E-state index contributed by atoms with van der Waals surface area (Å²) in [4.78, 5) is 0. The molecule has 0 aliphatic heterocycles. The van der Waals surface area contributed by atoms with Crippen molar-refractivity contribution in [3.05, 3.63) is 63.6 Å². The lowest BCUT2D eigenvalue weighted by Crippen LogP contribution is -2.06. The van der Waals surface area contributed by atoms with E-state index >= 15 is 0 Å². The molecule has 4 heteroatoms. The predicted octanol–water partition coefficient (Wildman–Crippen LogP) is 4.37. The molecule has 2 rings (SSSR count). The van der Waals surface area contributed by atoms with E-state index in [9.17, 15) is 0 Å². The summed E-state index contributed by atoms with van der Waals surface area (Å²) >= 11 is 3.45. The highest BCUT2D eigenvalue weighted by atomic mass is 79.9. The van der Waals surface area contributed by atoms with Gasteiger partial charge in [-0.05, 0) is 42.8 Å². The second kappa shape index (κ2) is 6.23. The first-order valence-corrected chi connectivity index (χ1v) is 6.89. The van der Waals surface area contributed by atoms with Gasteiger partial charge in [-0.15, -0.1) is 0 Å². The number of rotatable bonds is 3. The van der Waals surface area contributed by atoms with Crippen LogP contribution in [0.2, 0.25) is 0 Å². The summed E-state index contributed by atoms with van der Waals surface area (Å²) in [5.41, 5.74) is 2.75. The Morgan fingerprint density at radius 2 is 1.80 bits per heavy atom. The Kier molecular flexibility index (Phi) is 4.40. The fourth-order valence-corrected chi connectivity index (χ4v) is 2.35. The maximum atomic E-state index is 9.03. The molecule has 0 radical (unpaired) electrons. The average molecular weight is 326 g/mol. The molecule has 98 valence electrons. The molecule has 0 fully saturated rings. The van der Waals surface area contributed by atoms with Crippen LogP contribution in [0.1, 0.15) is 29.7 Å². The molecule has 0 aliphatic carbocycles. The highest BCUT2D eigenvalue weighted by molar-refractivity contribution is 9.10. The fraction of sp³-hybridized carbons (Fsp3) is 0.125. The number of hydrogen-bond acceptors (Lipinski definition) is 3. The van der Waals surface area contributed by atoms with E-state index in [1.807, 2.05) is 49.4 Å². The molecular formula is C16H12BrN3. The summed E-state index contributed by atoms with van der Waals surface area (Å²) < 4.78 is 1.03. The molecule has 0 aliphatic rings. The highest BCUT2D eigenvalue weighted by Gasteiger charge is 2.08. The van der Waals surface area contributed by atoms with Crippen LogP contribution in [0.15, 0.2) is 46.9 Å². The minimum absolute atomic E-state index is 0.104. The van der Waals surface area contributed by atoms with Crippen molar-refractivity contribution in [2.45, 2.75) is 13.0 Å². The number of hydrogen-bond donors (Lipinski definition) is 1. The summed E-state index contributed by atoms with van der Waals surface area (Å²) in [5, 5.41) is 21.3. The Hall–Kier alpha value is -2.30. The van der Waals surface area contributed by atoms with Crippen LogP contribution in [0.4, 0.5) is 5.69 Å². The minimum Gasteiger partial charge on any atom is -0.378 e. The number of nitriles is 2. The molecule has 0 bridgehead atoms. The predicted molar refractivity (Wildman–Crippen MR) is 82.1 cm³/mol. The SMILES string of the molecule is CC(Nc1ccc(C#N)c(C#N)c1)c1cccc(Br)c1. The van der Waals surface area contributed by atoms with Gasteiger partial charge in [0.1, 0.15) is 12.1 Å². The van der Waals surface area contributed by atoms with E-state index in [-0.39, 0.29) is 6.04 Å². The third kappa shape index (κ3) is 3.17. The van der Waals surface area contributed by atoms with Gasteiger partial charge in [-0.2, -0.15) is 10.5 Å². The van der Waals surface area contributed by atoms with Gasteiger partial charge in [0.25, 0.3) is 0 Å². The monoisotopic (exact) mass is 325 g/mol. The summed E-state index contributed by atoms with van der Waals surface area (Å²) in [5.74, 6) is 0. The standard InChI is InChI=1S/C16H12BrN3/c1-11(12-3-2-4-15(17)7-12)20-16-6-5-13(9-18)14(8-16)10-19/h2-8,11,20H,1H3. The van der Waals surface area contributed by atoms with Crippen LogP contribution in [0, 0.1) is 22.7 Å². The lowest BCUT2D eigenvalue weighted by molar-refractivity contribution is 0.883. The summed E-state index contributed by atoms with van der Waals surface area (Å²) in [6.07, 6.45) is 0. The molecule has 2 aromatic carbocycles. The molecule has 0 amide bonds. The van der Waals surface area contributed by atoms with Crippen LogP contribution in [0.3, 0.4) is 0 Å². The van der Waals surface area contributed by atoms with Gasteiger partial charge in [-0.1, -0.05) is 28.1 Å². The molecule has 3 nitrogen and oxygen atoms in total. The third-order valence-corrected chi connectivity index (χ3v) is 3.49. The molecular weight excluding hydrogens is 314 g/mol. The van der Waals surface area contributed by atoms with Gasteiger partial charge >= 0.3 is 0 Å². The zero-order valence-electron chi connectivity index (χ0n) is 10.9. The molecule has 1 unspecified atom stereocenters. The van der Waals surface area contributed by atoms with Gasteiger partial charge in [-0.25, -0.2) is 0 Å². The van der Waals surface area contributed by atoms with Crippen molar-refractivity contribution in [2.24, 2.45) is 0 Å². The van der Waals surface area contributed by atoms with E-state index in [4.69, 9.17) is 10.5 Å². The highest BCUT2D eigenvalue weighted by Crippen LogP contribution is 2.23. The molecule has 0 heterocycles. The Labute approximate surface area is 126 Å². The number of nitrogens with one attached hydrogen (secondary N) is 1. The molecule has 1 atom stereocenters. The van der Waals surface area contributed by atoms with E-state index in [1.165, 1.54) is 0 Å². The van der Waals surface area contributed by atoms with Crippen LogP contribution in [-0.2, 0) is 0 Å². The lowest BCUT2D eigenvalue weighted by atomic mass is 10.1. The van der Waals surface area contributed by atoms with Crippen molar-refractivity contribution in [3.8, 4) is 12.1 Å². The van der Waals surface area contributed by atoms with Crippen LogP contribution in [0.5, 0.6) is 0 Å². The summed E-state index contributed by atoms with van der Waals surface area (Å²) in [6.45, 7) is 2.05. The fourth-order valence-electron chi connectivity index (χ4n) is 1.93. The number of nitrogens with zero attached hydrogens (tertiary/aromatic N) is 2. The van der Waals surface area contributed by atoms with Crippen LogP contribution >= 0.6 is 15.9 Å². The van der Waals surface area contributed by atoms with Crippen LogP contribution in [0.25, 0.3) is 0 Å². The number of anilines is 1. The second-order valence-corrected chi connectivity index (χ2v) is 5.32. The zero-order valence-corrected chi connectivity index (χ0v) is 12.5. The van der Waals surface area contributed by atoms with Gasteiger partial charge < -0.3 is 5.32 Å². The molecule has 2 aromatic rings. The van der Waals surface area contributed by atoms with Crippen LogP contribution in [-0.4, -0.2) is 0 Å². The Morgan fingerprint density at radius 1 is 1.05 bits per heavy atom. The third-order valence-electron chi connectivity index (χ3n) is 2.99. The van der Waals surface area contributed by atoms with Crippen molar-refractivity contribution in [1.82, 2.24) is 0 Å². The quantitative estimate of drug-likeness (QED) is 0.911. The van der Waals surface area contributed by atoms with Gasteiger partial charge in [0.05, 0.1) is 11.1 Å². The van der Waals surface area contributed by atoms with Crippen LogP contribution < -0.4 is 5.32 Å². The van der Waals surface area contributed by atoms with E-state index < -0.39 is 0 Å². The smallest absolute Gasteiger partial charge is 0.101 e. The lowest BCUT2D eigenvalue weighted by Gasteiger charge is -2.16. The van der Waals surface area contributed by atoms with E-state index in [0.29, 0.717) is 11.1 Å². The molecule has 0 saturated heterocycles. The molecule has 0 aromatic heterocycles. The first kappa shape index (κ1) is 14.1. The summed E-state index contributed by atoms with van der Waals surface area (Å²) in [7, 11) is 0. The van der Waals surface area contributed by atoms with E-state index in [0.717, 1.165) is 15.7 Å². The van der Waals surface area contributed by atoms with Crippen molar-refractivity contribution in [3.63, 3.8) is 0 Å². The summed E-state index contributed by atoms with van der Waals surface area (Å²) in [6, 6.07) is 17.4. The first-order chi connectivity index (χ1) is 9.63. The first-order valence-electron chi connectivity index (χ1n) is 6.10. The second-order valence-electron chi connectivity index (χ2n) is 4.41. The Bertz CT molecular complexity index is 710. The molecule has 0 saturated carbocycles. The van der Waals surface area contributed by atoms with E-state index in [2.05, 4.69) is 21.2 Å². The van der Waals surface area contributed by atoms with Gasteiger partial charge in [0.2, 0.25) is 0 Å². The van der Waals surface area contributed by atoms with Crippen molar-refractivity contribution >= 4 is 21.6 Å². The largest absolute Gasteiger partial charge is 0.378 e. The molecule has 0 spiro atoms. The maximum Gasteiger partial charge on any atom is 0.101 e.